The molecule has 0 bridgehead atoms. The van der Waals surface area contributed by atoms with Crippen molar-refractivity contribution in [1.29, 1.82) is 0 Å². The first-order chi connectivity index (χ1) is 5.63. The van der Waals surface area contributed by atoms with E-state index in [1.54, 1.807) is 6.92 Å². The zero-order valence-corrected chi connectivity index (χ0v) is 7.62. The molecule has 0 aliphatic heterocycles. The van der Waals surface area contributed by atoms with E-state index in [-0.39, 0.29) is 12.5 Å². The van der Waals surface area contributed by atoms with Gasteiger partial charge in [0.2, 0.25) is 0 Å². The molecular weight excluding hydrogens is 156 g/mol. The highest BCUT2D eigenvalue weighted by atomic mass is 16.5. The molecule has 0 aliphatic rings. The first kappa shape index (κ1) is 11.2. The van der Waals surface area contributed by atoms with E-state index in [0.717, 1.165) is 6.42 Å². The van der Waals surface area contributed by atoms with Gasteiger partial charge in [0.1, 0.15) is 6.61 Å². The second-order valence-electron chi connectivity index (χ2n) is 2.75. The molecule has 3 heteroatoms. The second kappa shape index (κ2) is 5.77. The third-order valence-corrected chi connectivity index (χ3v) is 1.77. The van der Waals surface area contributed by atoms with Crippen molar-refractivity contribution >= 4 is 5.97 Å². The number of ether oxygens (including phenoxy) is 1. The number of rotatable bonds is 5. The summed E-state index contributed by atoms with van der Waals surface area (Å²) in [5, 5.41) is 9.30. The average molecular weight is 172 g/mol. The zero-order valence-electron chi connectivity index (χ0n) is 7.62. The molecule has 0 saturated heterocycles. The maximum atomic E-state index is 11.0. The Hall–Kier alpha value is -0.830. The van der Waals surface area contributed by atoms with Crippen LogP contribution in [0.4, 0.5) is 0 Å². The molecule has 0 rings (SSSR count). The molecule has 0 amide bonds. The summed E-state index contributed by atoms with van der Waals surface area (Å²) in [6.07, 6.45) is 1.22. The van der Waals surface area contributed by atoms with Crippen LogP contribution < -0.4 is 0 Å². The smallest absolute Gasteiger partial charge is 0.335 e. The average Bonchev–Trinajstić information content (AvgIpc) is 2.11. The van der Waals surface area contributed by atoms with E-state index in [2.05, 4.69) is 11.3 Å². The summed E-state index contributed by atoms with van der Waals surface area (Å²) < 4.78 is 4.67. The van der Waals surface area contributed by atoms with Crippen LogP contribution in [0, 0.1) is 5.92 Å². The van der Waals surface area contributed by atoms with Crippen LogP contribution in [0.1, 0.15) is 20.3 Å². The predicted molar refractivity (Wildman–Crippen MR) is 46.6 cm³/mol. The van der Waals surface area contributed by atoms with Crippen molar-refractivity contribution in [3.8, 4) is 0 Å². The van der Waals surface area contributed by atoms with Gasteiger partial charge in [-0.05, 0) is 5.92 Å². The van der Waals surface area contributed by atoms with Crippen molar-refractivity contribution in [2.24, 2.45) is 5.92 Å². The molecule has 0 aromatic carbocycles. The molecule has 0 heterocycles. The van der Waals surface area contributed by atoms with Crippen LogP contribution in [0.15, 0.2) is 12.7 Å². The Balaban J connectivity index is 3.83. The van der Waals surface area contributed by atoms with E-state index >= 15 is 0 Å². The van der Waals surface area contributed by atoms with Gasteiger partial charge >= 0.3 is 5.97 Å². The van der Waals surface area contributed by atoms with Crippen molar-refractivity contribution in [2.75, 3.05) is 6.61 Å². The fraction of sp³-hybridized carbons (Fsp3) is 0.667. The Morgan fingerprint density at radius 3 is 2.75 bits per heavy atom. The Morgan fingerprint density at radius 2 is 2.33 bits per heavy atom. The quantitative estimate of drug-likeness (QED) is 0.499. The summed E-state index contributed by atoms with van der Waals surface area (Å²) in [6.45, 7) is 7.27. The van der Waals surface area contributed by atoms with Crippen LogP contribution in [0.3, 0.4) is 0 Å². The molecule has 0 unspecified atom stereocenters. The standard InChI is InChI=1S/C9H16O3/c1-4-6-12-9(11)8(10)7(3)5-2/h4,7-8,10H,1,5-6H2,2-3H3/t7-,8-/m0/s1. The summed E-state index contributed by atoms with van der Waals surface area (Å²) in [5.41, 5.74) is 0. The van der Waals surface area contributed by atoms with E-state index in [9.17, 15) is 9.90 Å². The van der Waals surface area contributed by atoms with Gasteiger partial charge in [0.15, 0.2) is 6.10 Å². The van der Waals surface area contributed by atoms with E-state index in [1.165, 1.54) is 6.08 Å². The van der Waals surface area contributed by atoms with Crippen molar-refractivity contribution in [2.45, 2.75) is 26.4 Å². The van der Waals surface area contributed by atoms with E-state index in [0.29, 0.717) is 0 Å². The number of hydrogen-bond donors (Lipinski definition) is 1. The number of carbonyl (C=O) groups is 1. The summed E-state index contributed by atoms with van der Waals surface area (Å²) in [5.74, 6) is -0.619. The normalized spacial score (nSPS) is 14.9. The van der Waals surface area contributed by atoms with Gasteiger partial charge in [0, 0.05) is 0 Å². The third-order valence-electron chi connectivity index (χ3n) is 1.77. The monoisotopic (exact) mass is 172 g/mol. The SMILES string of the molecule is C=CCOC(=O)[C@@H](O)[C@@H](C)CC. The predicted octanol–water partition coefficient (Wildman–Crippen LogP) is 1.12. The lowest BCUT2D eigenvalue weighted by molar-refractivity contribution is -0.155. The molecule has 0 fully saturated rings. The Morgan fingerprint density at radius 1 is 1.75 bits per heavy atom. The van der Waals surface area contributed by atoms with Crippen LogP contribution in [0.2, 0.25) is 0 Å². The first-order valence-corrected chi connectivity index (χ1v) is 4.09. The Labute approximate surface area is 73.0 Å². The van der Waals surface area contributed by atoms with Gasteiger partial charge in [0.25, 0.3) is 0 Å². The largest absolute Gasteiger partial charge is 0.460 e. The molecule has 70 valence electrons. The van der Waals surface area contributed by atoms with Gasteiger partial charge in [-0.2, -0.15) is 0 Å². The highest BCUT2D eigenvalue weighted by molar-refractivity contribution is 5.74. The third kappa shape index (κ3) is 3.53. The van der Waals surface area contributed by atoms with Crippen molar-refractivity contribution in [1.82, 2.24) is 0 Å². The van der Waals surface area contributed by atoms with E-state index in [4.69, 9.17) is 0 Å². The minimum absolute atomic E-state index is 0.0534. The number of hydrogen-bond acceptors (Lipinski definition) is 3. The maximum absolute atomic E-state index is 11.0. The van der Waals surface area contributed by atoms with Crippen LogP contribution in [0.5, 0.6) is 0 Å². The van der Waals surface area contributed by atoms with E-state index in [1.807, 2.05) is 6.92 Å². The topological polar surface area (TPSA) is 46.5 Å². The molecule has 0 radical (unpaired) electrons. The lowest BCUT2D eigenvalue weighted by Gasteiger charge is -2.14. The van der Waals surface area contributed by atoms with Crippen molar-refractivity contribution < 1.29 is 14.6 Å². The number of carbonyl (C=O) groups excluding carboxylic acids is 1. The van der Waals surface area contributed by atoms with Crippen molar-refractivity contribution in [3.63, 3.8) is 0 Å². The van der Waals surface area contributed by atoms with Gasteiger partial charge < -0.3 is 9.84 Å². The minimum atomic E-state index is -1.00. The number of aliphatic hydroxyl groups excluding tert-OH is 1. The molecule has 3 nitrogen and oxygen atoms in total. The second-order valence-corrected chi connectivity index (χ2v) is 2.75. The highest BCUT2D eigenvalue weighted by Crippen LogP contribution is 2.08. The molecule has 0 aromatic heterocycles. The molecule has 1 N–H and O–H groups in total. The van der Waals surface area contributed by atoms with Gasteiger partial charge in [-0.25, -0.2) is 4.79 Å². The molecule has 12 heavy (non-hydrogen) atoms. The van der Waals surface area contributed by atoms with Crippen LogP contribution in [-0.4, -0.2) is 23.8 Å². The summed E-state index contributed by atoms with van der Waals surface area (Å²) in [6, 6.07) is 0. The fourth-order valence-corrected chi connectivity index (χ4v) is 0.682. The van der Waals surface area contributed by atoms with Gasteiger partial charge in [-0.15, -0.1) is 0 Å². The van der Waals surface area contributed by atoms with Gasteiger partial charge in [-0.3, -0.25) is 0 Å². The fourth-order valence-electron chi connectivity index (χ4n) is 0.682. The van der Waals surface area contributed by atoms with Crippen LogP contribution in [0.25, 0.3) is 0 Å². The van der Waals surface area contributed by atoms with Crippen LogP contribution in [-0.2, 0) is 9.53 Å². The molecular formula is C9H16O3. The Kier molecular flexibility index (Phi) is 5.37. The number of esters is 1. The highest BCUT2D eigenvalue weighted by Gasteiger charge is 2.21. The van der Waals surface area contributed by atoms with E-state index < -0.39 is 12.1 Å². The van der Waals surface area contributed by atoms with Gasteiger partial charge in [-0.1, -0.05) is 32.9 Å². The van der Waals surface area contributed by atoms with Gasteiger partial charge in [0.05, 0.1) is 0 Å². The molecule has 0 aromatic rings. The molecule has 0 spiro atoms. The minimum Gasteiger partial charge on any atom is -0.460 e. The Bertz CT molecular complexity index is 154. The lowest BCUT2D eigenvalue weighted by Crippen LogP contribution is -2.29. The molecule has 0 aliphatic carbocycles. The maximum Gasteiger partial charge on any atom is 0.335 e. The summed E-state index contributed by atoms with van der Waals surface area (Å²) >= 11 is 0. The molecule has 0 saturated carbocycles. The molecule has 2 atom stereocenters. The summed E-state index contributed by atoms with van der Waals surface area (Å²) in [7, 11) is 0. The lowest BCUT2D eigenvalue weighted by atomic mass is 10.0. The van der Waals surface area contributed by atoms with Crippen LogP contribution >= 0.6 is 0 Å². The zero-order chi connectivity index (χ0) is 9.56. The summed E-state index contributed by atoms with van der Waals surface area (Å²) in [4.78, 5) is 11.0. The number of aliphatic hydroxyl groups is 1. The first-order valence-electron chi connectivity index (χ1n) is 4.09. The van der Waals surface area contributed by atoms with Crippen molar-refractivity contribution in [3.05, 3.63) is 12.7 Å².